The third-order valence-electron chi connectivity index (χ3n) is 3.48. The highest BCUT2D eigenvalue weighted by atomic mass is 35.5. The van der Waals surface area contributed by atoms with Gasteiger partial charge in [-0.05, 0) is 37.8 Å². The van der Waals surface area contributed by atoms with Crippen molar-refractivity contribution in [3.63, 3.8) is 0 Å². The van der Waals surface area contributed by atoms with Crippen LogP contribution in [0.15, 0.2) is 18.2 Å². The molecule has 1 unspecified atom stereocenters. The molecular formula is C17H25ClN2O. The van der Waals surface area contributed by atoms with E-state index < -0.39 is 0 Å². The van der Waals surface area contributed by atoms with Crippen molar-refractivity contribution in [1.82, 2.24) is 9.55 Å². The fourth-order valence-corrected chi connectivity index (χ4v) is 2.72. The summed E-state index contributed by atoms with van der Waals surface area (Å²) in [5, 5.41) is -0.0895. The molecule has 2 rings (SSSR count). The van der Waals surface area contributed by atoms with Gasteiger partial charge < -0.3 is 9.30 Å². The van der Waals surface area contributed by atoms with Crippen LogP contribution in [0, 0.1) is 12.8 Å². The molecule has 0 saturated heterocycles. The average Bonchev–Trinajstić information content (AvgIpc) is 2.78. The van der Waals surface area contributed by atoms with Gasteiger partial charge >= 0.3 is 0 Å². The highest BCUT2D eigenvalue weighted by Gasteiger charge is 2.15. The van der Waals surface area contributed by atoms with E-state index in [4.69, 9.17) is 21.3 Å². The Bertz CT molecular complexity index is 590. The number of rotatable bonds is 7. The Morgan fingerprint density at radius 1 is 1.29 bits per heavy atom. The number of hydrogen-bond acceptors (Lipinski definition) is 2. The number of aryl methyl sites for hydroxylation is 2. The standard InChI is InChI=1S/C17H25ClN2O/c1-12(2)11-21-10-6-9-20-16-13(3)7-5-8-15(16)19-17(20)14(4)18/h5,7-8,12,14H,6,9-11H2,1-4H3. The summed E-state index contributed by atoms with van der Waals surface area (Å²) in [7, 11) is 0. The third kappa shape index (κ3) is 3.98. The molecule has 21 heavy (non-hydrogen) atoms. The van der Waals surface area contributed by atoms with Gasteiger partial charge in [-0.1, -0.05) is 26.0 Å². The van der Waals surface area contributed by atoms with Gasteiger partial charge in [-0.15, -0.1) is 11.6 Å². The van der Waals surface area contributed by atoms with Crippen molar-refractivity contribution in [2.75, 3.05) is 13.2 Å². The van der Waals surface area contributed by atoms with Crippen LogP contribution < -0.4 is 0 Å². The van der Waals surface area contributed by atoms with Crippen LogP contribution in [0.5, 0.6) is 0 Å². The maximum atomic E-state index is 6.30. The highest BCUT2D eigenvalue weighted by Crippen LogP contribution is 2.26. The second-order valence-electron chi connectivity index (χ2n) is 6.00. The molecule has 0 fully saturated rings. The van der Waals surface area contributed by atoms with Crippen LogP contribution in [-0.2, 0) is 11.3 Å². The van der Waals surface area contributed by atoms with Gasteiger partial charge in [-0.3, -0.25) is 0 Å². The summed E-state index contributed by atoms with van der Waals surface area (Å²) in [5.74, 6) is 1.53. The van der Waals surface area contributed by atoms with Gasteiger partial charge in [-0.2, -0.15) is 0 Å². The maximum Gasteiger partial charge on any atom is 0.127 e. The minimum absolute atomic E-state index is 0.0895. The number of nitrogens with zero attached hydrogens (tertiary/aromatic N) is 2. The zero-order valence-electron chi connectivity index (χ0n) is 13.4. The van der Waals surface area contributed by atoms with Crippen LogP contribution in [-0.4, -0.2) is 22.8 Å². The Balaban J connectivity index is 2.15. The van der Waals surface area contributed by atoms with Gasteiger partial charge in [0, 0.05) is 19.8 Å². The van der Waals surface area contributed by atoms with Crippen molar-refractivity contribution in [3.8, 4) is 0 Å². The summed E-state index contributed by atoms with van der Waals surface area (Å²) in [6.45, 7) is 10.9. The van der Waals surface area contributed by atoms with Gasteiger partial charge in [0.1, 0.15) is 5.82 Å². The summed E-state index contributed by atoms with van der Waals surface area (Å²) >= 11 is 6.30. The predicted molar refractivity (Wildman–Crippen MR) is 89.0 cm³/mol. The van der Waals surface area contributed by atoms with E-state index in [-0.39, 0.29) is 5.38 Å². The van der Waals surface area contributed by atoms with E-state index in [0.717, 1.165) is 37.5 Å². The number of halogens is 1. The highest BCUT2D eigenvalue weighted by molar-refractivity contribution is 6.20. The zero-order chi connectivity index (χ0) is 15.4. The molecule has 1 atom stereocenters. The van der Waals surface area contributed by atoms with Crippen LogP contribution in [0.4, 0.5) is 0 Å². The molecule has 1 aromatic carbocycles. The van der Waals surface area contributed by atoms with Gasteiger partial charge in [-0.25, -0.2) is 4.98 Å². The number of para-hydroxylation sites is 1. The lowest BCUT2D eigenvalue weighted by Gasteiger charge is -2.12. The lowest BCUT2D eigenvalue weighted by Crippen LogP contribution is -2.09. The average molecular weight is 309 g/mol. The van der Waals surface area contributed by atoms with Crippen molar-refractivity contribution in [2.24, 2.45) is 5.92 Å². The molecule has 1 heterocycles. The Hall–Kier alpha value is -1.06. The fourth-order valence-electron chi connectivity index (χ4n) is 2.56. The Morgan fingerprint density at radius 2 is 2.05 bits per heavy atom. The van der Waals surface area contributed by atoms with Gasteiger partial charge in [0.15, 0.2) is 0 Å². The van der Waals surface area contributed by atoms with Crippen LogP contribution in [0.3, 0.4) is 0 Å². The van der Waals surface area contributed by atoms with E-state index in [1.54, 1.807) is 0 Å². The fraction of sp³-hybridized carbons (Fsp3) is 0.588. The van der Waals surface area contributed by atoms with Crippen LogP contribution in [0.2, 0.25) is 0 Å². The summed E-state index contributed by atoms with van der Waals surface area (Å²) in [6.07, 6.45) is 0.975. The molecule has 0 spiro atoms. The van der Waals surface area contributed by atoms with E-state index >= 15 is 0 Å². The van der Waals surface area contributed by atoms with E-state index in [1.165, 1.54) is 11.1 Å². The smallest absolute Gasteiger partial charge is 0.127 e. The second kappa shape index (κ2) is 7.28. The lowest BCUT2D eigenvalue weighted by molar-refractivity contribution is 0.105. The largest absolute Gasteiger partial charge is 0.381 e. The number of fused-ring (bicyclic) bond motifs is 1. The monoisotopic (exact) mass is 308 g/mol. The second-order valence-corrected chi connectivity index (χ2v) is 6.66. The summed E-state index contributed by atoms with van der Waals surface area (Å²) < 4.78 is 7.92. The molecule has 3 nitrogen and oxygen atoms in total. The molecule has 0 N–H and O–H groups in total. The predicted octanol–water partition coefficient (Wildman–Crippen LogP) is 4.71. The number of hydrogen-bond donors (Lipinski definition) is 0. The molecule has 1 aromatic heterocycles. The van der Waals surface area contributed by atoms with Gasteiger partial charge in [0.05, 0.1) is 16.4 Å². The van der Waals surface area contributed by atoms with E-state index in [1.807, 2.05) is 13.0 Å². The molecule has 0 aliphatic carbocycles. The summed E-state index contributed by atoms with van der Waals surface area (Å²) in [6, 6.07) is 6.22. The van der Waals surface area contributed by atoms with Crippen molar-refractivity contribution in [2.45, 2.75) is 46.0 Å². The summed E-state index contributed by atoms with van der Waals surface area (Å²) in [5.41, 5.74) is 3.47. The molecule has 116 valence electrons. The lowest BCUT2D eigenvalue weighted by atomic mass is 10.2. The normalized spacial score (nSPS) is 13.2. The molecule has 2 aromatic rings. The Morgan fingerprint density at radius 3 is 2.71 bits per heavy atom. The van der Waals surface area contributed by atoms with Crippen molar-refractivity contribution < 1.29 is 4.74 Å². The summed E-state index contributed by atoms with van der Waals surface area (Å²) in [4.78, 5) is 4.69. The molecule has 0 aliphatic heterocycles. The first-order valence-corrected chi connectivity index (χ1v) is 8.12. The third-order valence-corrected chi connectivity index (χ3v) is 3.67. The minimum Gasteiger partial charge on any atom is -0.381 e. The zero-order valence-corrected chi connectivity index (χ0v) is 14.2. The number of aromatic nitrogens is 2. The SMILES string of the molecule is Cc1cccc2nc(C(C)Cl)n(CCCOCC(C)C)c12. The molecule has 0 radical (unpaired) electrons. The van der Waals surface area contributed by atoms with Crippen molar-refractivity contribution in [3.05, 3.63) is 29.6 Å². The number of ether oxygens (including phenoxy) is 1. The Labute approximate surface area is 132 Å². The molecule has 0 amide bonds. The quantitative estimate of drug-likeness (QED) is 0.547. The maximum absolute atomic E-state index is 6.30. The molecular weight excluding hydrogens is 284 g/mol. The van der Waals surface area contributed by atoms with Crippen LogP contribution in [0.1, 0.15) is 44.0 Å². The number of alkyl halides is 1. The molecule has 0 bridgehead atoms. The first-order valence-electron chi connectivity index (χ1n) is 7.68. The van der Waals surface area contributed by atoms with Crippen LogP contribution >= 0.6 is 11.6 Å². The van der Waals surface area contributed by atoms with E-state index in [0.29, 0.717) is 5.92 Å². The minimum atomic E-state index is -0.0895. The van der Waals surface area contributed by atoms with E-state index in [9.17, 15) is 0 Å². The van der Waals surface area contributed by atoms with Gasteiger partial charge in [0.2, 0.25) is 0 Å². The molecule has 4 heteroatoms. The van der Waals surface area contributed by atoms with Crippen molar-refractivity contribution in [1.29, 1.82) is 0 Å². The number of imidazole rings is 1. The first-order chi connectivity index (χ1) is 10.0. The van der Waals surface area contributed by atoms with Crippen molar-refractivity contribution >= 4 is 22.6 Å². The first kappa shape index (κ1) is 16.3. The van der Waals surface area contributed by atoms with E-state index in [2.05, 4.69) is 37.5 Å². The topological polar surface area (TPSA) is 27.1 Å². The molecule has 0 aliphatic rings. The Kier molecular flexibility index (Phi) is 5.65. The van der Waals surface area contributed by atoms with Gasteiger partial charge in [0.25, 0.3) is 0 Å². The van der Waals surface area contributed by atoms with Crippen LogP contribution in [0.25, 0.3) is 11.0 Å². The molecule has 0 saturated carbocycles. The number of benzene rings is 1.